The molecule has 8 heteroatoms. The van der Waals surface area contributed by atoms with Crippen LogP contribution in [0, 0.1) is 5.92 Å². The van der Waals surface area contributed by atoms with Gasteiger partial charge in [-0.15, -0.1) is 0 Å². The maximum atomic E-state index is 13.6. The smallest absolute Gasteiger partial charge is 0.335 e. The highest BCUT2D eigenvalue weighted by Gasteiger charge is 2.47. The second kappa shape index (κ2) is 13.2. The lowest BCUT2D eigenvalue weighted by Gasteiger charge is -2.46. The van der Waals surface area contributed by atoms with Crippen molar-refractivity contribution in [2.75, 3.05) is 6.54 Å². The number of carbonyl (C=O) groups is 2. The van der Waals surface area contributed by atoms with E-state index < -0.39 is 14.3 Å². The highest BCUT2D eigenvalue weighted by molar-refractivity contribution is 6.77. The fraction of sp³-hybridized carbons (Fsp3) is 0.576. The Morgan fingerprint density at radius 3 is 1.93 bits per heavy atom. The standard InChI is InChI=1S/C33H45Cl2NO4Si/c1-20(2)41(21(3)4,22(5)6)40-28-13-11-27(12-14-28)36-16-15-25(32(36)37)17-29-30(34)18-26(19-31(29)35)23-7-9-24(10-8-23)33(38)39/h7-10,18-22,25,27-28H,11-17H2,1-6H3,(H,38,39)/t25-,27?,28?/m0/s1. The zero-order valence-corrected chi connectivity index (χ0v) is 27.8. The van der Waals surface area contributed by atoms with Crippen molar-refractivity contribution in [3.63, 3.8) is 0 Å². The van der Waals surface area contributed by atoms with Crippen LogP contribution in [0.15, 0.2) is 36.4 Å². The third-order valence-corrected chi connectivity index (χ3v) is 16.4. The number of carboxylic acid groups (broad SMARTS) is 1. The quantitative estimate of drug-likeness (QED) is 0.270. The molecule has 1 saturated carbocycles. The van der Waals surface area contributed by atoms with Crippen molar-refractivity contribution in [3.8, 4) is 11.1 Å². The van der Waals surface area contributed by atoms with E-state index in [4.69, 9.17) is 32.7 Å². The number of amides is 1. The van der Waals surface area contributed by atoms with Gasteiger partial charge in [0.2, 0.25) is 14.2 Å². The van der Waals surface area contributed by atoms with Crippen LogP contribution in [0.5, 0.6) is 0 Å². The predicted octanol–water partition coefficient (Wildman–Crippen LogP) is 9.25. The summed E-state index contributed by atoms with van der Waals surface area (Å²) in [4.78, 5) is 26.8. The number of halogens is 2. The number of carbonyl (C=O) groups excluding carboxylic acids is 1. The fourth-order valence-corrected chi connectivity index (χ4v) is 13.8. The summed E-state index contributed by atoms with van der Waals surface area (Å²) in [6.07, 6.45) is 5.67. The van der Waals surface area contributed by atoms with Crippen LogP contribution in [-0.2, 0) is 15.6 Å². The van der Waals surface area contributed by atoms with Gasteiger partial charge in [-0.1, -0.05) is 76.9 Å². The molecule has 2 aromatic rings. The van der Waals surface area contributed by atoms with E-state index in [1.54, 1.807) is 24.3 Å². The lowest BCUT2D eigenvalue weighted by Crippen LogP contribution is -2.51. The van der Waals surface area contributed by atoms with Gasteiger partial charge in [0.25, 0.3) is 0 Å². The summed E-state index contributed by atoms with van der Waals surface area (Å²) >= 11 is 13.4. The Morgan fingerprint density at radius 1 is 0.902 bits per heavy atom. The SMILES string of the molecule is CC(C)[Si](OC1CCC(N2CC[C@@H](Cc3c(Cl)cc(-c4ccc(C(=O)O)cc4)cc3Cl)C2=O)CC1)(C(C)C)C(C)C. The molecule has 1 atom stereocenters. The minimum atomic E-state index is -1.91. The monoisotopic (exact) mass is 617 g/mol. The zero-order valence-electron chi connectivity index (χ0n) is 25.3. The Labute approximate surface area is 256 Å². The zero-order chi connectivity index (χ0) is 30.1. The Morgan fingerprint density at radius 2 is 1.44 bits per heavy atom. The van der Waals surface area contributed by atoms with Crippen LogP contribution >= 0.6 is 23.2 Å². The summed E-state index contributed by atoms with van der Waals surface area (Å²) in [6.45, 7) is 14.8. The van der Waals surface area contributed by atoms with Crippen LogP contribution in [0.2, 0.25) is 26.7 Å². The largest absolute Gasteiger partial charge is 0.478 e. The Balaban J connectivity index is 1.38. The first-order valence-corrected chi connectivity index (χ1v) is 18.0. The Bertz CT molecular complexity index is 1190. The number of nitrogens with zero attached hydrogens (tertiary/aromatic N) is 1. The van der Waals surface area contributed by atoms with Crippen molar-refractivity contribution < 1.29 is 19.1 Å². The molecule has 2 fully saturated rings. The van der Waals surface area contributed by atoms with Crippen LogP contribution in [0.25, 0.3) is 11.1 Å². The summed E-state index contributed by atoms with van der Waals surface area (Å²) in [5.74, 6) is -0.876. The van der Waals surface area contributed by atoms with E-state index in [1.165, 1.54) is 0 Å². The van der Waals surface area contributed by atoms with Crippen molar-refractivity contribution in [1.82, 2.24) is 4.90 Å². The molecule has 1 aliphatic carbocycles. The van der Waals surface area contributed by atoms with E-state index in [2.05, 4.69) is 46.4 Å². The first-order valence-electron chi connectivity index (χ1n) is 15.1. The van der Waals surface area contributed by atoms with Crippen molar-refractivity contribution in [3.05, 3.63) is 57.6 Å². The van der Waals surface area contributed by atoms with Gasteiger partial charge in [-0.05, 0) is 96.1 Å². The predicted molar refractivity (Wildman–Crippen MR) is 171 cm³/mol. The molecule has 2 aliphatic rings. The number of benzene rings is 2. The molecule has 41 heavy (non-hydrogen) atoms. The molecule has 0 unspecified atom stereocenters. The Hall–Kier alpha value is -1.86. The number of likely N-dealkylation sites (tertiary alicyclic amines) is 1. The third kappa shape index (κ3) is 6.71. The van der Waals surface area contributed by atoms with Crippen molar-refractivity contribution in [1.29, 1.82) is 0 Å². The van der Waals surface area contributed by atoms with Crippen LogP contribution < -0.4 is 0 Å². The van der Waals surface area contributed by atoms with Gasteiger partial charge in [0.15, 0.2) is 0 Å². The number of rotatable bonds is 10. The molecule has 1 heterocycles. The molecular weight excluding hydrogens is 573 g/mol. The summed E-state index contributed by atoms with van der Waals surface area (Å²) in [6, 6.07) is 10.6. The van der Waals surface area contributed by atoms with Crippen LogP contribution in [0.4, 0.5) is 0 Å². The molecule has 1 saturated heterocycles. The second-order valence-electron chi connectivity index (χ2n) is 12.9. The van der Waals surface area contributed by atoms with Crippen molar-refractivity contribution >= 4 is 43.4 Å². The average Bonchev–Trinajstić information content (AvgIpc) is 3.28. The molecule has 5 nitrogen and oxygen atoms in total. The molecule has 1 aliphatic heterocycles. The maximum Gasteiger partial charge on any atom is 0.335 e. The number of hydrogen-bond donors (Lipinski definition) is 1. The van der Waals surface area contributed by atoms with Gasteiger partial charge >= 0.3 is 5.97 Å². The molecule has 0 aromatic heterocycles. The topological polar surface area (TPSA) is 66.8 Å². The highest BCUT2D eigenvalue weighted by Crippen LogP contribution is 2.45. The average molecular weight is 619 g/mol. The van der Waals surface area contributed by atoms with E-state index in [1.807, 2.05) is 12.1 Å². The molecular formula is C33H45Cl2NO4Si. The molecule has 224 valence electrons. The lowest BCUT2D eigenvalue weighted by atomic mass is 9.92. The molecule has 0 spiro atoms. The van der Waals surface area contributed by atoms with Crippen molar-refractivity contribution in [2.24, 2.45) is 5.92 Å². The second-order valence-corrected chi connectivity index (χ2v) is 19.1. The number of hydrogen-bond acceptors (Lipinski definition) is 3. The molecule has 1 N–H and O–H groups in total. The van der Waals surface area contributed by atoms with E-state index in [9.17, 15) is 9.59 Å². The lowest BCUT2D eigenvalue weighted by molar-refractivity contribution is -0.133. The molecule has 0 bridgehead atoms. The van der Waals surface area contributed by atoms with E-state index in [0.717, 1.165) is 55.3 Å². The van der Waals surface area contributed by atoms with E-state index in [0.29, 0.717) is 39.2 Å². The van der Waals surface area contributed by atoms with Gasteiger partial charge in [-0.25, -0.2) is 4.79 Å². The normalized spacial score (nSPS) is 21.9. The summed E-state index contributed by atoms with van der Waals surface area (Å²) < 4.78 is 7.07. The first kappa shape index (κ1) is 32.1. The van der Waals surface area contributed by atoms with E-state index in [-0.39, 0.29) is 23.4 Å². The summed E-state index contributed by atoms with van der Waals surface area (Å²) in [5.41, 5.74) is 4.41. The van der Waals surface area contributed by atoms with Gasteiger partial charge < -0.3 is 14.4 Å². The molecule has 2 aromatic carbocycles. The van der Waals surface area contributed by atoms with E-state index >= 15 is 0 Å². The van der Waals surface area contributed by atoms with Gasteiger partial charge in [-0.3, -0.25) is 4.79 Å². The minimum Gasteiger partial charge on any atom is -0.478 e. The van der Waals surface area contributed by atoms with Crippen LogP contribution in [0.1, 0.15) is 89.6 Å². The van der Waals surface area contributed by atoms with Crippen molar-refractivity contribution in [2.45, 2.75) is 109 Å². The summed E-state index contributed by atoms with van der Waals surface area (Å²) in [7, 11) is -1.91. The van der Waals surface area contributed by atoms with Gasteiger partial charge in [0, 0.05) is 34.7 Å². The Kier molecular flexibility index (Phi) is 10.3. The summed E-state index contributed by atoms with van der Waals surface area (Å²) in [5, 5.41) is 10.2. The van der Waals surface area contributed by atoms with Gasteiger partial charge in [0.05, 0.1) is 5.56 Å². The molecule has 1 amide bonds. The minimum absolute atomic E-state index is 0.123. The highest BCUT2D eigenvalue weighted by atomic mass is 35.5. The van der Waals surface area contributed by atoms with Crippen LogP contribution in [0.3, 0.4) is 0 Å². The third-order valence-electron chi connectivity index (χ3n) is 9.57. The number of carboxylic acids is 1. The van der Waals surface area contributed by atoms with Crippen LogP contribution in [-0.4, -0.2) is 48.9 Å². The molecule has 0 radical (unpaired) electrons. The van der Waals surface area contributed by atoms with Gasteiger partial charge in [0.1, 0.15) is 0 Å². The van der Waals surface area contributed by atoms with Gasteiger partial charge in [-0.2, -0.15) is 0 Å². The molecule has 4 rings (SSSR count). The first-order chi connectivity index (χ1) is 19.3. The number of aromatic carboxylic acids is 1. The maximum absolute atomic E-state index is 13.6. The fourth-order valence-electron chi connectivity index (χ4n) is 7.50.